The smallest absolute Gasteiger partial charge is 0.0611 e. The van der Waals surface area contributed by atoms with Crippen molar-refractivity contribution in [1.82, 2.24) is 4.90 Å². The molecule has 0 aromatic heterocycles. The van der Waals surface area contributed by atoms with Crippen LogP contribution in [0.25, 0.3) is 0 Å². The number of ether oxygens (including phenoxy) is 1. The normalized spacial score (nSPS) is 15.3. The van der Waals surface area contributed by atoms with Crippen molar-refractivity contribution >= 4 is 0 Å². The number of rotatable bonds is 11. The number of hydrogen-bond donors (Lipinski definition) is 2. The lowest BCUT2D eigenvalue weighted by Gasteiger charge is -2.28. The van der Waals surface area contributed by atoms with Gasteiger partial charge in [-0.05, 0) is 31.7 Å². The summed E-state index contributed by atoms with van der Waals surface area (Å²) in [5.74, 6) is 0.661. The quantitative estimate of drug-likeness (QED) is 0.591. The molecule has 0 amide bonds. The van der Waals surface area contributed by atoms with Crippen LogP contribution < -0.4 is 5.73 Å². The Morgan fingerprint density at radius 3 is 2.44 bits per heavy atom. The van der Waals surface area contributed by atoms with Gasteiger partial charge in [-0.15, -0.1) is 0 Å². The minimum absolute atomic E-state index is 0.0752. The molecule has 0 aromatic carbocycles. The van der Waals surface area contributed by atoms with E-state index in [1.165, 1.54) is 0 Å². The molecule has 0 spiro atoms. The summed E-state index contributed by atoms with van der Waals surface area (Å²) in [7, 11) is 1.74. The first kappa shape index (κ1) is 17.8. The molecule has 0 aliphatic carbocycles. The molecule has 0 fully saturated rings. The molecule has 1 unspecified atom stereocenters. The summed E-state index contributed by atoms with van der Waals surface area (Å²) in [6, 6.07) is 0. The van der Waals surface area contributed by atoms with Gasteiger partial charge >= 0.3 is 0 Å². The Bertz CT molecular complexity index is 194. The molecular formula is C14H32N2O2. The number of nitrogens with zero attached hydrogens (tertiary/aromatic N) is 1. The average Bonchev–Trinajstić information content (AvgIpc) is 2.34. The van der Waals surface area contributed by atoms with Crippen molar-refractivity contribution < 1.29 is 9.84 Å². The largest absolute Gasteiger partial charge is 0.394 e. The van der Waals surface area contributed by atoms with E-state index in [-0.39, 0.29) is 6.61 Å². The second kappa shape index (κ2) is 9.73. The monoisotopic (exact) mass is 260 g/mol. The summed E-state index contributed by atoms with van der Waals surface area (Å²) in [6.45, 7) is 10.4. The Hall–Kier alpha value is -0.160. The summed E-state index contributed by atoms with van der Waals surface area (Å²) in [4.78, 5) is 2.42. The highest BCUT2D eigenvalue weighted by molar-refractivity contribution is 4.81. The first-order valence-electron chi connectivity index (χ1n) is 7.08. The van der Waals surface area contributed by atoms with Gasteiger partial charge in [0, 0.05) is 25.7 Å². The van der Waals surface area contributed by atoms with E-state index in [2.05, 4.69) is 18.7 Å². The lowest BCUT2D eigenvalue weighted by atomic mass is 9.92. The summed E-state index contributed by atoms with van der Waals surface area (Å²) in [5, 5.41) is 9.28. The molecule has 0 radical (unpaired) electrons. The van der Waals surface area contributed by atoms with Gasteiger partial charge in [0.05, 0.1) is 13.2 Å². The number of hydrogen-bond acceptors (Lipinski definition) is 4. The van der Waals surface area contributed by atoms with E-state index in [4.69, 9.17) is 10.5 Å². The van der Waals surface area contributed by atoms with E-state index in [1.54, 1.807) is 7.11 Å². The Morgan fingerprint density at radius 1 is 1.33 bits per heavy atom. The molecule has 110 valence electrons. The van der Waals surface area contributed by atoms with E-state index in [1.807, 2.05) is 6.92 Å². The third kappa shape index (κ3) is 8.03. The highest BCUT2D eigenvalue weighted by Gasteiger charge is 2.21. The summed E-state index contributed by atoms with van der Waals surface area (Å²) >= 11 is 0. The highest BCUT2D eigenvalue weighted by atomic mass is 16.5. The number of aliphatic hydroxyl groups is 1. The minimum Gasteiger partial charge on any atom is -0.394 e. The highest BCUT2D eigenvalue weighted by Crippen LogP contribution is 2.14. The maximum Gasteiger partial charge on any atom is 0.0611 e. The molecule has 0 bridgehead atoms. The summed E-state index contributed by atoms with van der Waals surface area (Å²) < 4.78 is 5.14. The van der Waals surface area contributed by atoms with Gasteiger partial charge in [-0.25, -0.2) is 0 Å². The van der Waals surface area contributed by atoms with Crippen LogP contribution in [-0.2, 0) is 4.74 Å². The number of methoxy groups -OCH3 is 1. The Balaban J connectivity index is 4.01. The third-order valence-corrected chi connectivity index (χ3v) is 3.40. The molecule has 0 aliphatic rings. The standard InChI is InChI=1S/C14H32N2O2/c1-5-14(15,12-17)7-6-8-16(9-10-18-4)11-13(2)3/h13,17H,5-12,15H2,1-4H3. The van der Waals surface area contributed by atoms with Crippen LogP contribution in [0.15, 0.2) is 0 Å². The van der Waals surface area contributed by atoms with E-state index in [0.717, 1.165) is 45.5 Å². The van der Waals surface area contributed by atoms with Crippen LogP contribution >= 0.6 is 0 Å². The maximum atomic E-state index is 9.28. The second-order valence-electron chi connectivity index (χ2n) is 5.66. The van der Waals surface area contributed by atoms with Crippen molar-refractivity contribution in [2.24, 2.45) is 11.7 Å². The van der Waals surface area contributed by atoms with Crippen molar-refractivity contribution in [3.63, 3.8) is 0 Å². The van der Waals surface area contributed by atoms with Crippen molar-refractivity contribution in [2.75, 3.05) is 40.0 Å². The minimum atomic E-state index is -0.398. The average molecular weight is 260 g/mol. The van der Waals surface area contributed by atoms with Crippen molar-refractivity contribution in [1.29, 1.82) is 0 Å². The zero-order chi connectivity index (χ0) is 14.0. The van der Waals surface area contributed by atoms with Crippen LogP contribution in [0.4, 0.5) is 0 Å². The fourth-order valence-electron chi connectivity index (χ4n) is 2.05. The molecule has 3 N–H and O–H groups in total. The maximum absolute atomic E-state index is 9.28. The predicted octanol–water partition coefficient (Wildman–Crippen LogP) is 1.47. The molecule has 0 aromatic rings. The van der Waals surface area contributed by atoms with Crippen LogP contribution in [0.5, 0.6) is 0 Å². The molecule has 4 nitrogen and oxygen atoms in total. The predicted molar refractivity (Wildman–Crippen MR) is 76.7 cm³/mol. The summed E-state index contributed by atoms with van der Waals surface area (Å²) in [6.07, 6.45) is 2.73. The molecule has 0 aliphatic heterocycles. The van der Waals surface area contributed by atoms with E-state index < -0.39 is 5.54 Å². The van der Waals surface area contributed by atoms with Gasteiger partial charge in [-0.2, -0.15) is 0 Å². The first-order valence-corrected chi connectivity index (χ1v) is 7.08. The van der Waals surface area contributed by atoms with E-state index >= 15 is 0 Å². The summed E-state index contributed by atoms with van der Waals surface area (Å²) in [5.41, 5.74) is 5.69. The molecule has 1 atom stereocenters. The first-order chi connectivity index (χ1) is 8.47. The van der Waals surface area contributed by atoms with Crippen LogP contribution in [-0.4, -0.2) is 55.5 Å². The van der Waals surface area contributed by atoms with Crippen LogP contribution in [0.2, 0.25) is 0 Å². The van der Waals surface area contributed by atoms with Crippen LogP contribution in [0, 0.1) is 5.92 Å². The molecule has 0 saturated carbocycles. The molecule has 4 heteroatoms. The van der Waals surface area contributed by atoms with Gasteiger partial charge in [-0.1, -0.05) is 20.8 Å². The number of aliphatic hydroxyl groups excluding tert-OH is 1. The molecule has 0 heterocycles. The fraction of sp³-hybridized carbons (Fsp3) is 1.00. The number of nitrogens with two attached hydrogens (primary N) is 1. The fourth-order valence-corrected chi connectivity index (χ4v) is 2.05. The zero-order valence-electron chi connectivity index (χ0n) is 12.6. The molecule has 0 rings (SSSR count). The SMILES string of the molecule is CCC(N)(CO)CCCN(CCOC)CC(C)C. The van der Waals surface area contributed by atoms with Gasteiger partial charge in [0.25, 0.3) is 0 Å². The Morgan fingerprint density at radius 2 is 2.00 bits per heavy atom. The van der Waals surface area contributed by atoms with Crippen molar-refractivity contribution in [3.8, 4) is 0 Å². The lowest BCUT2D eigenvalue weighted by molar-refractivity contribution is 0.131. The molecule has 18 heavy (non-hydrogen) atoms. The second-order valence-corrected chi connectivity index (χ2v) is 5.66. The van der Waals surface area contributed by atoms with E-state index in [9.17, 15) is 5.11 Å². The third-order valence-electron chi connectivity index (χ3n) is 3.40. The van der Waals surface area contributed by atoms with Crippen molar-refractivity contribution in [2.45, 2.75) is 45.6 Å². The van der Waals surface area contributed by atoms with Crippen LogP contribution in [0.1, 0.15) is 40.0 Å². The van der Waals surface area contributed by atoms with Gasteiger partial charge in [0.1, 0.15) is 0 Å². The van der Waals surface area contributed by atoms with Crippen LogP contribution in [0.3, 0.4) is 0 Å². The van der Waals surface area contributed by atoms with Gasteiger partial charge in [0.2, 0.25) is 0 Å². The van der Waals surface area contributed by atoms with Gasteiger partial charge < -0.3 is 20.5 Å². The molecular weight excluding hydrogens is 228 g/mol. The topological polar surface area (TPSA) is 58.7 Å². The molecule has 0 saturated heterocycles. The zero-order valence-corrected chi connectivity index (χ0v) is 12.6. The van der Waals surface area contributed by atoms with Gasteiger partial charge in [-0.3, -0.25) is 0 Å². The Labute approximate surface area is 112 Å². The Kier molecular flexibility index (Phi) is 9.64. The lowest BCUT2D eigenvalue weighted by Crippen LogP contribution is -2.43. The van der Waals surface area contributed by atoms with Crippen molar-refractivity contribution in [3.05, 3.63) is 0 Å². The van der Waals surface area contributed by atoms with Gasteiger partial charge in [0.15, 0.2) is 0 Å². The van der Waals surface area contributed by atoms with E-state index in [0.29, 0.717) is 5.92 Å².